The van der Waals surface area contributed by atoms with E-state index in [1.54, 1.807) is 14.2 Å². The van der Waals surface area contributed by atoms with Gasteiger partial charge in [0.25, 0.3) is 5.91 Å². The summed E-state index contributed by atoms with van der Waals surface area (Å²) in [5.41, 5.74) is 3.06. The first-order chi connectivity index (χ1) is 10.6. The van der Waals surface area contributed by atoms with Crippen molar-refractivity contribution in [2.24, 2.45) is 0 Å². The fourth-order valence-electron chi connectivity index (χ4n) is 2.41. The van der Waals surface area contributed by atoms with Crippen molar-refractivity contribution < 1.29 is 14.3 Å². The molecule has 0 saturated heterocycles. The van der Waals surface area contributed by atoms with Crippen molar-refractivity contribution in [3.8, 4) is 11.5 Å². The van der Waals surface area contributed by atoms with E-state index in [0.717, 1.165) is 21.3 Å². The van der Waals surface area contributed by atoms with Crippen molar-refractivity contribution in [1.29, 1.82) is 0 Å². The highest BCUT2D eigenvalue weighted by Gasteiger charge is 2.24. The smallest absolute Gasteiger partial charge is 0.256 e. The van der Waals surface area contributed by atoms with Crippen LogP contribution in [-0.2, 0) is 4.79 Å². The Morgan fingerprint density at radius 1 is 1.09 bits per heavy atom. The van der Waals surface area contributed by atoms with E-state index in [0.29, 0.717) is 17.1 Å². The Bertz CT molecular complexity index is 783. The van der Waals surface area contributed by atoms with Crippen LogP contribution in [0, 0.1) is 0 Å². The van der Waals surface area contributed by atoms with Crippen molar-refractivity contribution in [1.82, 2.24) is 0 Å². The summed E-state index contributed by atoms with van der Waals surface area (Å²) in [6.07, 6.45) is 1.81. The van der Waals surface area contributed by atoms with Gasteiger partial charge < -0.3 is 14.8 Å². The molecule has 1 N–H and O–H groups in total. The summed E-state index contributed by atoms with van der Waals surface area (Å²) < 4.78 is 11.5. The summed E-state index contributed by atoms with van der Waals surface area (Å²) in [4.78, 5) is 12.2. The molecule has 0 bridgehead atoms. The molecule has 1 heterocycles. The minimum absolute atomic E-state index is 0.127. The average molecular weight is 360 g/mol. The summed E-state index contributed by atoms with van der Waals surface area (Å²) in [6, 6.07) is 11.2. The molecule has 0 spiro atoms. The molecule has 2 aromatic rings. The lowest BCUT2D eigenvalue weighted by molar-refractivity contribution is -0.110. The lowest BCUT2D eigenvalue weighted by atomic mass is 10.0. The Morgan fingerprint density at radius 3 is 2.64 bits per heavy atom. The number of methoxy groups -OCH3 is 2. The van der Waals surface area contributed by atoms with Crippen LogP contribution < -0.4 is 14.8 Å². The summed E-state index contributed by atoms with van der Waals surface area (Å²) in [5, 5.41) is 2.86. The van der Waals surface area contributed by atoms with Crippen LogP contribution in [0.4, 0.5) is 5.69 Å². The lowest BCUT2D eigenvalue weighted by Gasteiger charge is -2.08. The number of nitrogens with one attached hydrogen (secondary N) is 1. The first-order valence-corrected chi connectivity index (χ1v) is 7.46. The molecule has 0 fully saturated rings. The van der Waals surface area contributed by atoms with Gasteiger partial charge in [-0.05, 0) is 42.5 Å². The molecule has 0 aliphatic carbocycles. The molecule has 22 heavy (non-hydrogen) atoms. The predicted molar refractivity (Wildman–Crippen MR) is 90.2 cm³/mol. The van der Waals surface area contributed by atoms with Crippen molar-refractivity contribution in [2.45, 2.75) is 0 Å². The predicted octanol–water partition coefficient (Wildman–Crippen LogP) is 3.96. The molecule has 5 heteroatoms. The fourth-order valence-corrected chi connectivity index (χ4v) is 2.77. The van der Waals surface area contributed by atoms with E-state index in [2.05, 4.69) is 21.2 Å². The van der Waals surface area contributed by atoms with Gasteiger partial charge in [0.1, 0.15) is 11.5 Å². The second-order valence-corrected chi connectivity index (χ2v) is 5.73. The number of rotatable bonds is 3. The van der Waals surface area contributed by atoms with Gasteiger partial charge in [-0.1, -0.05) is 15.9 Å². The number of ether oxygens (including phenoxy) is 2. The standard InChI is InChI=1S/C17H14BrNO3/c1-21-12-4-6-16(22-2)10(7-12)8-14-13-9-11(18)3-5-15(13)19-17(14)20/h3-9H,1-2H3,(H,19,20)/b14-8-. The van der Waals surface area contributed by atoms with E-state index >= 15 is 0 Å². The topological polar surface area (TPSA) is 47.6 Å². The lowest BCUT2D eigenvalue weighted by Crippen LogP contribution is -2.03. The van der Waals surface area contributed by atoms with Crippen molar-refractivity contribution in [3.63, 3.8) is 0 Å². The van der Waals surface area contributed by atoms with E-state index in [1.807, 2.05) is 42.5 Å². The zero-order valence-electron chi connectivity index (χ0n) is 12.1. The van der Waals surface area contributed by atoms with E-state index in [-0.39, 0.29) is 5.91 Å². The van der Waals surface area contributed by atoms with Gasteiger partial charge in [-0.15, -0.1) is 0 Å². The third kappa shape index (κ3) is 2.60. The highest BCUT2D eigenvalue weighted by molar-refractivity contribution is 9.10. The molecule has 0 atom stereocenters. The van der Waals surface area contributed by atoms with Gasteiger partial charge in [-0.25, -0.2) is 0 Å². The second-order valence-electron chi connectivity index (χ2n) is 4.81. The van der Waals surface area contributed by atoms with Crippen LogP contribution >= 0.6 is 15.9 Å². The molecule has 1 amide bonds. The van der Waals surface area contributed by atoms with Gasteiger partial charge in [0.05, 0.1) is 14.2 Å². The van der Waals surface area contributed by atoms with E-state index in [4.69, 9.17) is 9.47 Å². The Hall–Kier alpha value is -2.27. The Balaban J connectivity index is 2.13. The largest absolute Gasteiger partial charge is 0.497 e. The summed E-state index contributed by atoms with van der Waals surface area (Å²) in [6.45, 7) is 0. The van der Waals surface area contributed by atoms with Crippen LogP contribution in [-0.4, -0.2) is 20.1 Å². The van der Waals surface area contributed by atoms with E-state index < -0.39 is 0 Å². The maximum atomic E-state index is 12.2. The number of hydrogen-bond acceptors (Lipinski definition) is 3. The third-order valence-corrected chi connectivity index (χ3v) is 3.99. The van der Waals surface area contributed by atoms with Gasteiger partial charge in [-0.3, -0.25) is 4.79 Å². The normalized spacial score (nSPS) is 14.7. The SMILES string of the molecule is COc1ccc(OC)c(/C=C2\C(=O)Nc3ccc(Br)cc32)c1. The maximum absolute atomic E-state index is 12.2. The molecule has 4 nitrogen and oxygen atoms in total. The Morgan fingerprint density at radius 2 is 1.91 bits per heavy atom. The number of halogens is 1. The van der Waals surface area contributed by atoms with Crippen LogP contribution in [0.25, 0.3) is 11.6 Å². The molecule has 0 aromatic heterocycles. The summed E-state index contributed by atoms with van der Waals surface area (Å²) in [7, 11) is 3.20. The molecule has 2 aromatic carbocycles. The first kappa shape index (κ1) is 14.7. The zero-order valence-corrected chi connectivity index (χ0v) is 13.7. The van der Waals surface area contributed by atoms with Gasteiger partial charge in [-0.2, -0.15) is 0 Å². The molecule has 1 aliphatic heterocycles. The fraction of sp³-hybridized carbons (Fsp3) is 0.118. The van der Waals surface area contributed by atoms with E-state index in [9.17, 15) is 4.79 Å². The van der Waals surface area contributed by atoms with Gasteiger partial charge in [0, 0.05) is 26.9 Å². The van der Waals surface area contributed by atoms with Crippen LogP contribution in [0.5, 0.6) is 11.5 Å². The molecule has 0 radical (unpaired) electrons. The number of benzene rings is 2. The number of anilines is 1. The summed E-state index contributed by atoms with van der Waals surface area (Å²) in [5.74, 6) is 1.27. The van der Waals surface area contributed by atoms with Crippen molar-refractivity contribution in [2.75, 3.05) is 19.5 Å². The molecular weight excluding hydrogens is 346 g/mol. The minimum Gasteiger partial charge on any atom is -0.497 e. The van der Waals surface area contributed by atoms with Gasteiger partial charge in [0.15, 0.2) is 0 Å². The zero-order chi connectivity index (χ0) is 15.7. The number of carbonyl (C=O) groups excluding carboxylic acids is 1. The van der Waals surface area contributed by atoms with E-state index in [1.165, 1.54) is 0 Å². The monoisotopic (exact) mass is 359 g/mol. The highest BCUT2D eigenvalue weighted by atomic mass is 79.9. The summed E-state index contributed by atoms with van der Waals surface area (Å²) >= 11 is 3.44. The van der Waals surface area contributed by atoms with Crippen molar-refractivity contribution >= 4 is 39.2 Å². The highest BCUT2D eigenvalue weighted by Crippen LogP contribution is 2.36. The van der Waals surface area contributed by atoms with Crippen molar-refractivity contribution in [3.05, 3.63) is 52.0 Å². The van der Waals surface area contributed by atoms with Gasteiger partial charge >= 0.3 is 0 Å². The molecule has 0 unspecified atom stereocenters. The third-order valence-electron chi connectivity index (χ3n) is 3.50. The minimum atomic E-state index is -0.127. The number of carbonyl (C=O) groups is 1. The molecule has 1 aliphatic rings. The van der Waals surface area contributed by atoms with Gasteiger partial charge in [0.2, 0.25) is 0 Å². The van der Waals surface area contributed by atoms with Crippen LogP contribution in [0.15, 0.2) is 40.9 Å². The quantitative estimate of drug-likeness (QED) is 0.843. The molecule has 3 rings (SSSR count). The Kier molecular flexibility index (Phi) is 3.90. The van der Waals surface area contributed by atoms with Crippen LogP contribution in [0.3, 0.4) is 0 Å². The number of fused-ring (bicyclic) bond motifs is 1. The second kappa shape index (κ2) is 5.85. The molecule has 0 saturated carbocycles. The number of hydrogen-bond donors (Lipinski definition) is 1. The van der Waals surface area contributed by atoms with Crippen LogP contribution in [0.2, 0.25) is 0 Å². The molecule has 112 valence electrons. The molecular formula is C17H14BrNO3. The Labute approximate surface area is 136 Å². The number of amides is 1. The average Bonchev–Trinajstić information content (AvgIpc) is 2.83. The van der Waals surface area contributed by atoms with Crippen LogP contribution in [0.1, 0.15) is 11.1 Å². The first-order valence-electron chi connectivity index (χ1n) is 6.67. The maximum Gasteiger partial charge on any atom is 0.256 e.